The Kier molecular flexibility index (Phi) is 6.52. The summed E-state index contributed by atoms with van der Waals surface area (Å²) in [5.41, 5.74) is 1.97. The summed E-state index contributed by atoms with van der Waals surface area (Å²) in [6, 6.07) is 16.7. The summed E-state index contributed by atoms with van der Waals surface area (Å²) in [4.78, 5) is 16.9. The van der Waals surface area contributed by atoms with Crippen LogP contribution in [0.1, 0.15) is 28.4 Å². The second-order valence-corrected chi connectivity index (χ2v) is 8.56. The summed E-state index contributed by atoms with van der Waals surface area (Å²) in [7, 11) is -3.53. The van der Waals surface area contributed by atoms with Gasteiger partial charge >= 0.3 is 0 Å². The van der Waals surface area contributed by atoms with Crippen molar-refractivity contribution in [3.8, 4) is 17.7 Å². The molecule has 9 heteroatoms. The van der Waals surface area contributed by atoms with E-state index in [1.54, 1.807) is 55.5 Å². The maximum atomic E-state index is 12.8. The van der Waals surface area contributed by atoms with Crippen molar-refractivity contribution in [3.63, 3.8) is 0 Å². The first-order chi connectivity index (χ1) is 14.8. The Labute approximate surface area is 180 Å². The smallest absolute Gasteiger partial charge is 0.257 e. The molecule has 1 heterocycles. The number of benzene rings is 2. The normalized spacial score (nSPS) is 10.7. The monoisotopic (exact) mass is 436 g/mol. The van der Waals surface area contributed by atoms with Gasteiger partial charge in [-0.1, -0.05) is 12.1 Å². The lowest BCUT2D eigenvalue weighted by atomic mass is 10.1. The number of ether oxygens (including phenoxy) is 1. The second-order valence-electron chi connectivity index (χ2n) is 6.55. The molecule has 0 aliphatic rings. The van der Waals surface area contributed by atoms with E-state index in [2.05, 4.69) is 15.0 Å². The van der Waals surface area contributed by atoms with Crippen LogP contribution >= 0.6 is 0 Å². The highest BCUT2D eigenvalue weighted by Gasteiger charge is 2.16. The molecule has 0 atom stereocenters. The summed E-state index contributed by atoms with van der Waals surface area (Å²) < 4.78 is 31.9. The van der Waals surface area contributed by atoms with Crippen LogP contribution in [0.15, 0.2) is 60.8 Å². The molecular weight excluding hydrogens is 416 g/mol. The number of aryl methyl sites for hydroxylation is 1. The molecule has 0 saturated carbocycles. The van der Waals surface area contributed by atoms with Gasteiger partial charge in [0.05, 0.1) is 17.0 Å². The Hall–Kier alpha value is -3.90. The number of para-hydroxylation sites is 1. The lowest BCUT2D eigenvalue weighted by molar-refractivity contribution is 0.102. The highest BCUT2D eigenvalue weighted by Crippen LogP contribution is 2.27. The molecule has 0 fully saturated rings. The van der Waals surface area contributed by atoms with Crippen LogP contribution in [0, 0.1) is 18.3 Å². The zero-order chi connectivity index (χ0) is 22.4. The Morgan fingerprint density at radius 1 is 1.13 bits per heavy atom. The molecule has 2 aromatic carbocycles. The molecule has 3 rings (SSSR count). The van der Waals surface area contributed by atoms with Gasteiger partial charge in [-0.3, -0.25) is 9.52 Å². The number of nitrogens with zero attached hydrogens (tertiary/aromatic N) is 2. The van der Waals surface area contributed by atoms with E-state index in [9.17, 15) is 13.2 Å². The van der Waals surface area contributed by atoms with Gasteiger partial charge in [0.25, 0.3) is 5.91 Å². The van der Waals surface area contributed by atoms with Crippen LogP contribution in [0.5, 0.6) is 11.6 Å². The number of anilines is 2. The van der Waals surface area contributed by atoms with Gasteiger partial charge in [0.2, 0.25) is 15.9 Å². The average molecular weight is 436 g/mol. The van der Waals surface area contributed by atoms with Crippen molar-refractivity contribution in [2.75, 3.05) is 15.8 Å². The molecule has 1 amide bonds. The lowest BCUT2D eigenvalue weighted by Gasteiger charge is -2.14. The van der Waals surface area contributed by atoms with Crippen LogP contribution in [0.4, 0.5) is 11.4 Å². The molecule has 0 radical (unpaired) electrons. The van der Waals surface area contributed by atoms with Gasteiger partial charge in [-0.15, -0.1) is 0 Å². The van der Waals surface area contributed by atoms with Crippen LogP contribution in [0.25, 0.3) is 0 Å². The van der Waals surface area contributed by atoms with Gasteiger partial charge in [-0.05, 0) is 61.9 Å². The number of pyridine rings is 1. The minimum atomic E-state index is -3.53. The van der Waals surface area contributed by atoms with E-state index in [1.165, 1.54) is 19.2 Å². The van der Waals surface area contributed by atoms with Gasteiger partial charge in [-0.25, -0.2) is 13.4 Å². The number of aromatic nitrogens is 1. The molecule has 3 aromatic rings. The molecule has 0 aliphatic heterocycles. The number of nitrogens with one attached hydrogen (secondary N) is 2. The topological polar surface area (TPSA) is 121 Å². The van der Waals surface area contributed by atoms with E-state index in [-0.39, 0.29) is 22.9 Å². The molecule has 0 unspecified atom stereocenters. The molecule has 158 valence electrons. The highest BCUT2D eigenvalue weighted by molar-refractivity contribution is 7.92. The van der Waals surface area contributed by atoms with Crippen molar-refractivity contribution in [2.24, 2.45) is 0 Å². The van der Waals surface area contributed by atoms with Gasteiger partial charge in [0.1, 0.15) is 17.4 Å². The average Bonchev–Trinajstić information content (AvgIpc) is 2.76. The van der Waals surface area contributed by atoms with Crippen molar-refractivity contribution in [3.05, 3.63) is 77.5 Å². The summed E-state index contributed by atoms with van der Waals surface area (Å²) in [6.07, 6.45) is 1.53. The van der Waals surface area contributed by atoms with Crippen molar-refractivity contribution in [1.82, 2.24) is 4.98 Å². The standard InChI is InChI=1S/C22H20N4O4S/c1-3-31(28,29)26-20-9-5-4-8-18(20)21(27)25-19-11-10-17(13-15(19)2)30-22-16(14-23)7-6-12-24-22/h4-13,26H,3H2,1-2H3,(H,25,27). The zero-order valence-corrected chi connectivity index (χ0v) is 17.7. The third-order valence-corrected chi connectivity index (χ3v) is 5.66. The predicted octanol–water partition coefficient (Wildman–Crippen LogP) is 4.07. The quantitative estimate of drug-likeness (QED) is 0.576. The lowest BCUT2D eigenvalue weighted by Crippen LogP contribution is -2.19. The molecular formula is C22H20N4O4S. The molecule has 0 saturated heterocycles. The second kappa shape index (κ2) is 9.28. The third kappa shape index (κ3) is 5.38. The Morgan fingerprint density at radius 3 is 2.61 bits per heavy atom. The molecule has 0 bridgehead atoms. The number of carbonyl (C=O) groups excluding carboxylic acids is 1. The molecule has 1 aromatic heterocycles. The Morgan fingerprint density at radius 2 is 1.90 bits per heavy atom. The first-order valence-corrected chi connectivity index (χ1v) is 11.0. The number of sulfonamides is 1. The first kappa shape index (κ1) is 21.8. The van der Waals surface area contributed by atoms with Gasteiger partial charge < -0.3 is 10.1 Å². The van der Waals surface area contributed by atoms with Crippen LogP contribution in [-0.4, -0.2) is 25.1 Å². The number of hydrogen-bond acceptors (Lipinski definition) is 6. The van der Waals surface area contributed by atoms with E-state index >= 15 is 0 Å². The predicted molar refractivity (Wildman–Crippen MR) is 118 cm³/mol. The Bertz CT molecular complexity index is 1270. The summed E-state index contributed by atoms with van der Waals surface area (Å²) in [5, 5.41) is 11.9. The largest absolute Gasteiger partial charge is 0.438 e. The van der Waals surface area contributed by atoms with Crippen molar-refractivity contribution in [2.45, 2.75) is 13.8 Å². The molecule has 0 aliphatic carbocycles. The van der Waals surface area contributed by atoms with E-state index in [4.69, 9.17) is 10.00 Å². The first-order valence-electron chi connectivity index (χ1n) is 9.37. The molecule has 8 nitrogen and oxygen atoms in total. The Balaban J connectivity index is 1.80. The van der Waals surface area contributed by atoms with Crippen molar-refractivity contribution in [1.29, 1.82) is 5.26 Å². The van der Waals surface area contributed by atoms with Crippen molar-refractivity contribution >= 4 is 27.3 Å². The summed E-state index contributed by atoms with van der Waals surface area (Å²) >= 11 is 0. The number of nitriles is 1. The number of carbonyl (C=O) groups is 1. The van der Waals surface area contributed by atoms with Crippen LogP contribution in [-0.2, 0) is 10.0 Å². The number of hydrogen-bond donors (Lipinski definition) is 2. The van der Waals surface area contributed by atoms with Crippen LogP contribution < -0.4 is 14.8 Å². The summed E-state index contributed by atoms with van der Waals surface area (Å²) in [5.74, 6) is 0.0932. The highest BCUT2D eigenvalue weighted by atomic mass is 32.2. The number of amides is 1. The van der Waals surface area contributed by atoms with Crippen LogP contribution in [0.2, 0.25) is 0 Å². The number of rotatable bonds is 7. The summed E-state index contributed by atoms with van der Waals surface area (Å²) in [6.45, 7) is 3.31. The van der Waals surface area contributed by atoms with Gasteiger partial charge in [-0.2, -0.15) is 5.26 Å². The third-order valence-electron chi connectivity index (χ3n) is 4.37. The van der Waals surface area contributed by atoms with E-state index in [0.29, 0.717) is 22.6 Å². The van der Waals surface area contributed by atoms with E-state index in [1.807, 2.05) is 6.07 Å². The fraction of sp³-hybridized carbons (Fsp3) is 0.136. The van der Waals surface area contributed by atoms with Gasteiger partial charge in [0.15, 0.2) is 0 Å². The fourth-order valence-corrected chi connectivity index (χ4v) is 3.37. The molecule has 0 spiro atoms. The minimum Gasteiger partial charge on any atom is -0.438 e. The van der Waals surface area contributed by atoms with E-state index in [0.717, 1.165) is 0 Å². The van der Waals surface area contributed by atoms with E-state index < -0.39 is 15.9 Å². The minimum absolute atomic E-state index is 0.104. The zero-order valence-electron chi connectivity index (χ0n) is 16.9. The van der Waals surface area contributed by atoms with Gasteiger partial charge in [0, 0.05) is 11.9 Å². The van der Waals surface area contributed by atoms with Crippen molar-refractivity contribution < 1.29 is 17.9 Å². The molecule has 31 heavy (non-hydrogen) atoms. The molecule has 2 N–H and O–H groups in total. The maximum Gasteiger partial charge on any atom is 0.257 e. The van der Waals surface area contributed by atoms with Crippen LogP contribution in [0.3, 0.4) is 0 Å². The maximum absolute atomic E-state index is 12.8. The fourth-order valence-electron chi connectivity index (χ4n) is 2.71. The SMILES string of the molecule is CCS(=O)(=O)Nc1ccccc1C(=O)Nc1ccc(Oc2ncccc2C#N)cc1C.